The summed E-state index contributed by atoms with van der Waals surface area (Å²) in [5.41, 5.74) is 2.27. The Bertz CT molecular complexity index is 692. The van der Waals surface area contributed by atoms with Crippen molar-refractivity contribution in [1.29, 1.82) is 0 Å². The molecular formula is C20H36ClFN4O3S. The molecule has 7 nitrogen and oxygen atoms in total. The van der Waals surface area contributed by atoms with Gasteiger partial charge >= 0.3 is 0 Å². The van der Waals surface area contributed by atoms with E-state index in [0.29, 0.717) is 12.8 Å². The van der Waals surface area contributed by atoms with Gasteiger partial charge in [0.25, 0.3) is 0 Å². The molecule has 0 aromatic carbocycles. The summed E-state index contributed by atoms with van der Waals surface area (Å²) in [4.78, 5) is 17.2. The van der Waals surface area contributed by atoms with Gasteiger partial charge in [-0.1, -0.05) is 26.2 Å². The number of hydrogen-bond acceptors (Lipinski definition) is 5. The third kappa shape index (κ3) is 5.85. The molecule has 1 aliphatic heterocycles. The van der Waals surface area contributed by atoms with Crippen molar-refractivity contribution >= 4 is 27.5 Å². The minimum Gasteiger partial charge on any atom is -0.300 e. The molecule has 1 heterocycles. The maximum absolute atomic E-state index is 14.8. The average Bonchev–Trinajstić information content (AvgIpc) is 3.09. The molecule has 1 saturated heterocycles. The first kappa shape index (κ1) is 24.2. The predicted molar refractivity (Wildman–Crippen MR) is 116 cm³/mol. The molecule has 6 atom stereocenters. The number of hydrogen-bond donors (Lipinski definition) is 3. The molecule has 2 aliphatic carbocycles. The van der Waals surface area contributed by atoms with Crippen LogP contribution in [0.4, 0.5) is 4.39 Å². The van der Waals surface area contributed by atoms with Gasteiger partial charge in [-0.15, -0.1) is 16.4 Å². The quantitative estimate of drug-likeness (QED) is 0.395. The summed E-state index contributed by atoms with van der Waals surface area (Å²) in [6.45, 7) is 5.91. The Kier molecular flexibility index (Phi) is 8.40. The lowest BCUT2D eigenvalue weighted by atomic mass is 9.75. The fourth-order valence-corrected chi connectivity index (χ4v) is 7.12. The zero-order chi connectivity index (χ0) is 21.9. The highest BCUT2D eigenvalue weighted by molar-refractivity contribution is 7.89. The molecule has 6 unspecified atom stereocenters. The van der Waals surface area contributed by atoms with Crippen LogP contribution in [0.1, 0.15) is 58.8 Å². The maximum Gasteiger partial charge on any atom is 0.241 e. The van der Waals surface area contributed by atoms with Crippen molar-refractivity contribution < 1.29 is 17.6 Å². The monoisotopic (exact) mass is 466 g/mol. The van der Waals surface area contributed by atoms with Crippen LogP contribution in [0.15, 0.2) is 0 Å². The first-order chi connectivity index (χ1) is 14.2. The number of nitrogens with one attached hydrogen (secondary N) is 3. The lowest BCUT2D eigenvalue weighted by Gasteiger charge is -2.38. The summed E-state index contributed by atoms with van der Waals surface area (Å²) in [7, 11) is -3.65. The number of rotatable bonds is 7. The molecule has 0 radical (unpaired) electrons. The third-order valence-corrected chi connectivity index (χ3v) is 8.94. The minimum absolute atomic E-state index is 0.00584. The van der Waals surface area contributed by atoms with Crippen LogP contribution in [0.25, 0.3) is 0 Å². The van der Waals surface area contributed by atoms with E-state index in [1.807, 2.05) is 0 Å². The lowest BCUT2D eigenvalue weighted by molar-refractivity contribution is -0.129. The molecule has 0 spiro atoms. The summed E-state index contributed by atoms with van der Waals surface area (Å²) in [6.07, 6.45) is 4.36. The van der Waals surface area contributed by atoms with E-state index in [1.54, 1.807) is 0 Å². The first-order valence-electron chi connectivity index (χ1n) is 11.3. The highest BCUT2D eigenvalue weighted by Crippen LogP contribution is 2.38. The van der Waals surface area contributed by atoms with Gasteiger partial charge in [-0.25, -0.2) is 12.8 Å². The molecule has 3 fully saturated rings. The Morgan fingerprint density at radius 1 is 1.23 bits per heavy atom. The van der Waals surface area contributed by atoms with E-state index >= 15 is 0 Å². The molecule has 3 rings (SSSR count). The average molecular weight is 467 g/mol. The summed E-state index contributed by atoms with van der Waals surface area (Å²) in [5, 5.41) is 2.71. The third-order valence-electron chi connectivity index (χ3n) is 7.20. The summed E-state index contributed by atoms with van der Waals surface area (Å²) >= 11 is 6.28. The fraction of sp³-hybridized carbons (Fsp3) is 0.950. The number of carbonyl (C=O) groups is 1. The van der Waals surface area contributed by atoms with Crippen molar-refractivity contribution in [1.82, 2.24) is 20.5 Å². The fourth-order valence-electron chi connectivity index (χ4n) is 5.42. The number of halogens is 2. The normalized spacial score (nSPS) is 36.7. The van der Waals surface area contributed by atoms with Crippen molar-refractivity contribution in [2.24, 2.45) is 17.8 Å². The van der Waals surface area contributed by atoms with Crippen LogP contribution in [0.5, 0.6) is 0 Å². The Morgan fingerprint density at radius 3 is 2.57 bits per heavy atom. The minimum atomic E-state index is -3.65. The van der Waals surface area contributed by atoms with E-state index in [-0.39, 0.29) is 29.7 Å². The van der Waals surface area contributed by atoms with Crippen molar-refractivity contribution in [2.45, 2.75) is 82.4 Å². The molecule has 2 saturated carbocycles. The van der Waals surface area contributed by atoms with Crippen LogP contribution >= 0.6 is 11.6 Å². The molecule has 30 heavy (non-hydrogen) atoms. The SMILES string of the molecule is CCN1CNC(C2CC(Cl)C(F)C(C(=O)NNS(=O)(=O)CC3CCCCC3)C2)C1C. The van der Waals surface area contributed by atoms with Gasteiger partial charge in [-0.05, 0) is 51.0 Å². The zero-order valence-corrected chi connectivity index (χ0v) is 19.5. The molecule has 3 aliphatic rings. The largest absolute Gasteiger partial charge is 0.300 e. The van der Waals surface area contributed by atoms with E-state index in [9.17, 15) is 17.6 Å². The van der Waals surface area contributed by atoms with E-state index in [1.165, 1.54) is 0 Å². The maximum atomic E-state index is 14.8. The first-order valence-corrected chi connectivity index (χ1v) is 13.4. The van der Waals surface area contributed by atoms with Crippen LogP contribution in [0.3, 0.4) is 0 Å². The second kappa shape index (κ2) is 10.4. The number of nitrogens with zero attached hydrogens (tertiary/aromatic N) is 1. The van der Waals surface area contributed by atoms with Crippen LogP contribution in [0.2, 0.25) is 0 Å². The standard InChI is InChI=1S/C20H36ClFN4O3S/c1-3-26-12-23-19(13(26)2)15-9-16(18(22)17(21)10-15)20(27)24-25-30(28,29)11-14-7-5-4-6-8-14/h13-19,23,25H,3-12H2,1-2H3,(H,24,27). The Labute approximate surface area is 184 Å². The number of alkyl halides is 2. The van der Waals surface area contributed by atoms with Gasteiger partial charge in [0.1, 0.15) is 6.17 Å². The van der Waals surface area contributed by atoms with Gasteiger partial charge in [0.2, 0.25) is 15.9 Å². The summed E-state index contributed by atoms with van der Waals surface area (Å²) < 4.78 is 39.5. The number of likely N-dealkylation sites (N-methyl/N-ethyl adjacent to an activating group) is 1. The van der Waals surface area contributed by atoms with Gasteiger partial charge in [0.05, 0.1) is 17.0 Å². The topological polar surface area (TPSA) is 90.5 Å². The number of hydrazine groups is 1. The van der Waals surface area contributed by atoms with Gasteiger partial charge in [0.15, 0.2) is 0 Å². The molecule has 0 aromatic heterocycles. The van der Waals surface area contributed by atoms with Gasteiger partial charge in [0, 0.05) is 18.8 Å². The number of sulfonamides is 1. The van der Waals surface area contributed by atoms with Gasteiger partial charge in [-0.2, -0.15) is 0 Å². The van der Waals surface area contributed by atoms with Crippen LogP contribution in [0, 0.1) is 17.8 Å². The highest BCUT2D eigenvalue weighted by Gasteiger charge is 2.46. The predicted octanol–water partition coefficient (Wildman–Crippen LogP) is 2.13. The van der Waals surface area contributed by atoms with Crippen molar-refractivity contribution in [3.8, 4) is 0 Å². The smallest absolute Gasteiger partial charge is 0.241 e. The van der Waals surface area contributed by atoms with Gasteiger partial charge in [-0.3, -0.25) is 20.4 Å². The van der Waals surface area contributed by atoms with E-state index in [2.05, 4.69) is 34.3 Å². The van der Waals surface area contributed by atoms with Crippen LogP contribution in [-0.4, -0.2) is 61.8 Å². The molecule has 10 heteroatoms. The van der Waals surface area contributed by atoms with E-state index in [0.717, 1.165) is 45.3 Å². The highest BCUT2D eigenvalue weighted by atomic mass is 35.5. The van der Waals surface area contributed by atoms with Gasteiger partial charge < -0.3 is 0 Å². The number of carbonyl (C=O) groups excluding carboxylic acids is 1. The number of amides is 1. The summed E-state index contributed by atoms with van der Waals surface area (Å²) in [6, 6.07) is 0.412. The summed E-state index contributed by atoms with van der Waals surface area (Å²) in [5.74, 6) is -1.43. The molecular weight excluding hydrogens is 431 g/mol. The molecule has 0 aromatic rings. The molecule has 3 N–H and O–H groups in total. The van der Waals surface area contributed by atoms with E-state index in [4.69, 9.17) is 11.6 Å². The zero-order valence-electron chi connectivity index (χ0n) is 17.9. The van der Waals surface area contributed by atoms with Crippen molar-refractivity contribution in [3.05, 3.63) is 0 Å². The van der Waals surface area contributed by atoms with Crippen LogP contribution in [-0.2, 0) is 14.8 Å². The Morgan fingerprint density at radius 2 is 1.93 bits per heavy atom. The second-order valence-electron chi connectivity index (χ2n) is 9.21. The molecule has 174 valence electrons. The molecule has 1 amide bonds. The van der Waals surface area contributed by atoms with Crippen molar-refractivity contribution in [2.75, 3.05) is 19.0 Å². The lowest BCUT2D eigenvalue weighted by Crippen LogP contribution is -2.53. The second-order valence-corrected chi connectivity index (χ2v) is 11.5. The van der Waals surface area contributed by atoms with Crippen LogP contribution < -0.4 is 15.6 Å². The van der Waals surface area contributed by atoms with E-state index < -0.39 is 33.4 Å². The molecule has 0 bridgehead atoms. The Hall–Kier alpha value is -0.480. The van der Waals surface area contributed by atoms with Crippen molar-refractivity contribution in [3.63, 3.8) is 0 Å². The Balaban J connectivity index is 1.57.